The molecule has 0 spiro atoms. The molecule has 0 radical (unpaired) electrons. The number of nitro groups is 1. The van der Waals surface area contributed by atoms with E-state index in [1.807, 2.05) is 0 Å². The van der Waals surface area contributed by atoms with Crippen LogP contribution in [0.1, 0.15) is 32.6 Å². The molecule has 0 aromatic carbocycles. The van der Waals surface area contributed by atoms with Gasteiger partial charge >= 0.3 is 5.69 Å². The molecule has 18 heavy (non-hydrogen) atoms. The molecule has 1 fully saturated rings. The van der Waals surface area contributed by atoms with Crippen LogP contribution in [0, 0.1) is 10.1 Å². The van der Waals surface area contributed by atoms with Crippen LogP contribution in [0.3, 0.4) is 0 Å². The van der Waals surface area contributed by atoms with Gasteiger partial charge in [-0.3, -0.25) is 10.1 Å². The number of nitrogens with two attached hydrogens (primary N) is 1. The van der Waals surface area contributed by atoms with Crippen LogP contribution >= 0.6 is 0 Å². The lowest BCUT2D eigenvalue weighted by Gasteiger charge is -2.42. The van der Waals surface area contributed by atoms with Crippen LogP contribution in [0.15, 0.2) is 6.33 Å². The predicted octanol–water partition coefficient (Wildman–Crippen LogP) is 1.41. The Morgan fingerprint density at radius 2 is 2.17 bits per heavy atom. The number of nitrogen functional groups attached to an aromatic ring is 1. The molecule has 0 atom stereocenters. The summed E-state index contributed by atoms with van der Waals surface area (Å²) in [5, 5.41) is 14.2. The highest BCUT2D eigenvalue weighted by Gasteiger charge is 2.37. The Morgan fingerprint density at radius 3 is 2.61 bits per heavy atom. The van der Waals surface area contributed by atoms with E-state index < -0.39 is 4.92 Å². The minimum Gasteiger partial charge on any atom is -0.359 e. The first-order valence-corrected chi connectivity index (χ1v) is 5.86. The fourth-order valence-corrected chi connectivity index (χ4v) is 2.17. The van der Waals surface area contributed by atoms with Gasteiger partial charge in [-0.1, -0.05) is 6.92 Å². The van der Waals surface area contributed by atoms with Crippen molar-refractivity contribution >= 4 is 17.3 Å². The normalized spacial score (nSPS) is 16.8. The predicted molar refractivity (Wildman–Crippen MR) is 67.0 cm³/mol. The van der Waals surface area contributed by atoms with Crippen molar-refractivity contribution in [2.45, 2.75) is 38.1 Å². The zero-order chi connectivity index (χ0) is 13.2. The molecule has 2 rings (SSSR count). The molecule has 8 heteroatoms. The summed E-state index contributed by atoms with van der Waals surface area (Å²) >= 11 is 0. The van der Waals surface area contributed by atoms with Crippen molar-refractivity contribution in [2.75, 3.05) is 10.7 Å². The third-order valence-electron chi connectivity index (χ3n) is 3.51. The van der Waals surface area contributed by atoms with E-state index in [2.05, 4.69) is 27.6 Å². The van der Waals surface area contributed by atoms with Gasteiger partial charge in [-0.15, -0.1) is 0 Å². The monoisotopic (exact) mass is 252 g/mol. The Morgan fingerprint density at radius 1 is 1.50 bits per heavy atom. The molecule has 1 aromatic rings. The first kappa shape index (κ1) is 12.5. The van der Waals surface area contributed by atoms with E-state index in [1.54, 1.807) is 0 Å². The van der Waals surface area contributed by atoms with Gasteiger partial charge in [0, 0.05) is 5.54 Å². The first-order valence-electron chi connectivity index (χ1n) is 5.86. The molecule has 4 N–H and O–H groups in total. The molecule has 0 saturated heterocycles. The van der Waals surface area contributed by atoms with Crippen LogP contribution in [0.25, 0.3) is 0 Å². The van der Waals surface area contributed by atoms with Gasteiger partial charge in [0.1, 0.15) is 6.33 Å². The van der Waals surface area contributed by atoms with Gasteiger partial charge in [0.15, 0.2) is 0 Å². The molecule has 0 bridgehead atoms. The highest BCUT2D eigenvalue weighted by Crippen LogP contribution is 2.40. The van der Waals surface area contributed by atoms with Crippen LogP contribution in [-0.4, -0.2) is 20.4 Å². The van der Waals surface area contributed by atoms with Crippen molar-refractivity contribution in [3.8, 4) is 0 Å². The molecule has 1 aliphatic carbocycles. The zero-order valence-electron chi connectivity index (χ0n) is 10.1. The van der Waals surface area contributed by atoms with Crippen molar-refractivity contribution in [1.82, 2.24) is 9.97 Å². The highest BCUT2D eigenvalue weighted by atomic mass is 16.6. The Bertz CT molecular complexity index is 454. The smallest absolute Gasteiger partial charge is 0.354 e. The van der Waals surface area contributed by atoms with Crippen molar-refractivity contribution in [3.63, 3.8) is 0 Å². The summed E-state index contributed by atoms with van der Waals surface area (Å²) in [5.74, 6) is 5.47. The summed E-state index contributed by atoms with van der Waals surface area (Å²) in [6.45, 7) is 2.06. The van der Waals surface area contributed by atoms with Crippen LogP contribution in [0.5, 0.6) is 0 Å². The van der Waals surface area contributed by atoms with Crippen LogP contribution in [-0.2, 0) is 0 Å². The summed E-state index contributed by atoms with van der Waals surface area (Å²) in [7, 11) is 0. The zero-order valence-corrected chi connectivity index (χ0v) is 10.1. The molecular weight excluding hydrogens is 236 g/mol. The van der Waals surface area contributed by atoms with Crippen molar-refractivity contribution in [2.24, 2.45) is 5.84 Å². The fraction of sp³-hybridized carbons (Fsp3) is 0.600. The number of hydrogen-bond acceptors (Lipinski definition) is 7. The molecular formula is C10H16N6O2. The van der Waals surface area contributed by atoms with Gasteiger partial charge in [0.05, 0.1) is 4.92 Å². The number of nitrogens with zero attached hydrogens (tertiary/aromatic N) is 3. The van der Waals surface area contributed by atoms with Crippen molar-refractivity contribution < 1.29 is 4.92 Å². The quantitative estimate of drug-likeness (QED) is 0.411. The van der Waals surface area contributed by atoms with Crippen LogP contribution in [0.2, 0.25) is 0 Å². The van der Waals surface area contributed by atoms with Gasteiger partial charge in [-0.25, -0.2) is 15.8 Å². The Hall–Kier alpha value is -1.96. The summed E-state index contributed by atoms with van der Waals surface area (Å²) in [4.78, 5) is 18.3. The molecule has 1 heterocycles. The third kappa shape index (κ3) is 2.06. The maximum atomic E-state index is 11.1. The summed E-state index contributed by atoms with van der Waals surface area (Å²) in [5.41, 5.74) is 1.94. The second kappa shape index (κ2) is 4.73. The average Bonchev–Trinajstić information content (AvgIpc) is 2.33. The van der Waals surface area contributed by atoms with Gasteiger partial charge in [0.25, 0.3) is 0 Å². The molecule has 1 aromatic heterocycles. The first-order chi connectivity index (χ1) is 8.62. The Balaban J connectivity index is 2.35. The molecule has 0 unspecified atom stereocenters. The third-order valence-corrected chi connectivity index (χ3v) is 3.51. The van der Waals surface area contributed by atoms with Crippen molar-refractivity contribution in [3.05, 3.63) is 16.4 Å². The fourth-order valence-electron chi connectivity index (χ4n) is 2.17. The largest absolute Gasteiger partial charge is 0.359 e. The van der Waals surface area contributed by atoms with Crippen LogP contribution in [0.4, 0.5) is 17.3 Å². The molecule has 1 saturated carbocycles. The van der Waals surface area contributed by atoms with E-state index >= 15 is 0 Å². The van der Waals surface area contributed by atoms with E-state index in [9.17, 15) is 10.1 Å². The minimum absolute atomic E-state index is 0.0167. The average molecular weight is 252 g/mol. The molecule has 98 valence electrons. The summed E-state index contributed by atoms with van der Waals surface area (Å²) in [6, 6.07) is 0. The topological polar surface area (TPSA) is 119 Å². The number of hydrazine groups is 1. The summed E-state index contributed by atoms with van der Waals surface area (Å²) in [6.07, 6.45) is 5.28. The standard InChI is InChI=1S/C10H16N6O2/c1-2-10(4-3-5-10)14-8-7(16(17)18)9(15-11)13-6-12-8/h6H,2-5,11H2,1H3,(H2,12,13,14,15). The van der Waals surface area contributed by atoms with Crippen LogP contribution < -0.4 is 16.6 Å². The number of anilines is 2. The second-order valence-electron chi connectivity index (χ2n) is 4.43. The molecule has 0 amide bonds. The molecule has 0 aliphatic heterocycles. The number of rotatable bonds is 5. The van der Waals surface area contributed by atoms with E-state index in [0.717, 1.165) is 25.7 Å². The Labute approximate surface area is 104 Å². The van der Waals surface area contributed by atoms with Gasteiger partial charge < -0.3 is 10.7 Å². The molecule has 1 aliphatic rings. The number of hydrogen-bond donors (Lipinski definition) is 3. The Kier molecular flexibility index (Phi) is 3.28. The lowest BCUT2D eigenvalue weighted by atomic mass is 9.75. The maximum Gasteiger partial charge on any atom is 0.354 e. The molecule has 8 nitrogen and oxygen atoms in total. The minimum atomic E-state index is -0.528. The van der Waals surface area contributed by atoms with E-state index in [-0.39, 0.29) is 22.9 Å². The van der Waals surface area contributed by atoms with Crippen molar-refractivity contribution in [1.29, 1.82) is 0 Å². The second-order valence-corrected chi connectivity index (χ2v) is 4.43. The maximum absolute atomic E-state index is 11.1. The van der Waals surface area contributed by atoms with E-state index in [0.29, 0.717) is 0 Å². The van der Waals surface area contributed by atoms with E-state index in [1.165, 1.54) is 6.33 Å². The SMILES string of the molecule is CCC1(Nc2ncnc(NN)c2[N+](=O)[O-])CCC1. The number of nitrogens with one attached hydrogen (secondary N) is 2. The number of aromatic nitrogens is 2. The van der Waals surface area contributed by atoms with Gasteiger partial charge in [-0.2, -0.15) is 0 Å². The van der Waals surface area contributed by atoms with Gasteiger partial charge in [-0.05, 0) is 25.7 Å². The lowest BCUT2D eigenvalue weighted by molar-refractivity contribution is -0.383. The van der Waals surface area contributed by atoms with Gasteiger partial charge in [0.2, 0.25) is 11.6 Å². The lowest BCUT2D eigenvalue weighted by Crippen LogP contribution is -2.44. The van der Waals surface area contributed by atoms with E-state index in [4.69, 9.17) is 5.84 Å². The highest BCUT2D eigenvalue weighted by molar-refractivity contribution is 5.69. The summed E-state index contributed by atoms with van der Waals surface area (Å²) < 4.78 is 0.